The van der Waals surface area contributed by atoms with Crippen LogP contribution in [0.25, 0.3) is 0 Å². The molecule has 0 bridgehead atoms. The molecule has 0 aliphatic carbocycles. The molecule has 1 saturated heterocycles. The Morgan fingerprint density at radius 1 is 1.27 bits per heavy atom. The van der Waals surface area contributed by atoms with Gasteiger partial charge >= 0.3 is 0 Å². The predicted molar refractivity (Wildman–Crippen MR) is 57.6 cm³/mol. The number of ether oxygens (including phenoxy) is 3. The van der Waals surface area contributed by atoms with Crippen LogP contribution in [-0.2, 0) is 11.2 Å². The van der Waals surface area contributed by atoms with Crippen molar-refractivity contribution in [2.24, 2.45) is 0 Å². The van der Waals surface area contributed by atoms with Gasteiger partial charge in [0.1, 0.15) is 17.6 Å². The lowest BCUT2D eigenvalue weighted by atomic mass is 10.0. The van der Waals surface area contributed by atoms with Crippen molar-refractivity contribution in [2.45, 2.75) is 19.4 Å². The summed E-state index contributed by atoms with van der Waals surface area (Å²) < 4.78 is 16.0. The third-order valence-corrected chi connectivity index (χ3v) is 2.69. The fourth-order valence-corrected chi connectivity index (χ4v) is 1.74. The van der Waals surface area contributed by atoms with Crippen molar-refractivity contribution < 1.29 is 14.2 Å². The Morgan fingerprint density at radius 3 is 2.40 bits per heavy atom. The molecule has 0 N–H and O–H groups in total. The van der Waals surface area contributed by atoms with Gasteiger partial charge in [0, 0.05) is 5.56 Å². The highest BCUT2D eigenvalue weighted by Gasteiger charge is 2.29. The van der Waals surface area contributed by atoms with Crippen molar-refractivity contribution in [3.63, 3.8) is 0 Å². The third kappa shape index (κ3) is 1.92. The lowest BCUT2D eigenvalue weighted by Gasteiger charge is -2.12. The largest absolute Gasteiger partial charge is 0.496 e. The monoisotopic (exact) mass is 208 g/mol. The molecule has 1 aromatic carbocycles. The molecule has 1 aliphatic heterocycles. The second-order valence-electron chi connectivity index (χ2n) is 3.58. The summed E-state index contributed by atoms with van der Waals surface area (Å²) in [5.41, 5.74) is 2.25. The van der Waals surface area contributed by atoms with Crippen LogP contribution in [0.1, 0.15) is 24.2 Å². The number of benzene rings is 1. The third-order valence-electron chi connectivity index (χ3n) is 2.69. The van der Waals surface area contributed by atoms with E-state index < -0.39 is 0 Å². The first-order chi connectivity index (χ1) is 7.30. The number of rotatable bonds is 4. The van der Waals surface area contributed by atoms with Gasteiger partial charge in [-0.3, -0.25) is 0 Å². The summed E-state index contributed by atoms with van der Waals surface area (Å²) in [5, 5.41) is 0. The fraction of sp³-hybridized carbons (Fsp3) is 0.500. The van der Waals surface area contributed by atoms with Crippen molar-refractivity contribution in [1.82, 2.24) is 0 Å². The molecule has 82 valence electrons. The van der Waals surface area contributed by atoms with E-state index in [0.29, 0.717) is 0 Å². The summed E-state index contributed by atoms with van der Waals surface area (Å²) in [5.74, 6) is 1.82. The number of hydrogen-bond donors (Lipinski definition) is 0. The van der Waals surface area contributed by atoms with Crippen LogP contribution in [-0.4, -0.2) is 20.8 Å². The first-order valence-electron chi connectivity index (χ1n) is 5.16. The average Bonchev–Trinajstić information content (AvgIpc) is 3.11. The molecule has 1 heterocycles. The number of methoxy groups -OCH3 is 2. The van der Waals surface area contributed by atoms with Crippen molar-refractivity contribution in [3.05, 3.63) is 23.3 Å². The number of epoxide rings is 1. The molecule has 3 heteroatoms. The minimum atomic E-state index is 0.194. The van der Waals surface area contributed by atoms with Crippen molar-refractivity contribution in [3.8, 4) is 11.5 Å². The maximum atomic E-state index is 5.35. The van der Waals surface area contributed by atoms with E-state index in [4.69, 9.17) is 14.2 Å². The van der Waals surface area contributed by atoms with Gasteiger partial charge in [0.05, 0.1) is 20.8 Å². The number of aryl methyl sites for hydroxylation is 1. The van der Waals surface area contributed by atoms with Crippen LogP contribution < -0.4 is 9.47 Å². The molecule has 15 heavy (non-hydrogen) atoms. The highest BCUT2D eigenvalue weighted by atomic mass is 16.6. The molecule has 1 fully saturated rings. The Morgan fingerprint density at radius 2 is 1.93 bits per heavy atom. The van der Waals surface area contributed by atoms with E-state index in [1.807, 2.05) is 12.1 Å². The van der Waals surface area contributed by atoms with Crippen LogP contribution in [0.4, 0.5) is 0 Å². The van der Waals surface area contributed by atoms with Crippen molar-refractivity contribution in [1.29, 1.82) is 0 Å². The van der Waals surface area contributed by atoms with Crippen LogP contribution in [0.5, 0.6) is 11.5 Å². The molecule has 2 rings (SSSR count). The zero-order chi connectivity index (χ0) is 10.8. The Bertz CT molecular complexity index is 356. The second-order valence-corrected chi connectivity index (χ2v) is 3.58. The maximum Gasteiger partial charge on any atom is 0.125 e. The molecule has 1 aliphatic rings. The van der Waals surface area contributed by atoms with Gasteiger partial charge < -0.3 is 14.2 Å². The molecule has 1 atom stereocenters. The standard InChI is InChI=1S/C12H16O3/c1-4-8-5-11(14-3)9(12-7-15-12)6-10(8)13-2/h5-6,12H,4,7H2,1-3H3. The summed E-state index contributed by atoms with van der Waals surface area (Å²) in [6, 6.07) is 4.06. The Labute approximate surface area is 90.0 Å². The first kappa shape index (κ1) is 10.3. The van der Waals surface area contributed by atoms with Gasteiger partial charge in [-0.05, 0) is 24.1 Å². The van der Waals surface area contributed by atoms with Crippen LogP contribution in [0, 0.1) is 0 Å². The van der Waals surface area contributed by atoms with E-state index in [1.165, 1.54) is 5.56 Å². The molecular formula is C12H16O3. The smallest absolute Gasteiger partial charge is 0.125 e. The summed E-state index contributed by atoms with van der Waals surface area (Å²) in [4.78, 5) is 0. The SMILES string of the molecule is CCc1cc(OC)c(C2CO2)cc1OC. The lowest BCUT2D eigenvalue weighted by molar-refractivity contribution is 0.375. The van der Waals surface area contributed by atoms with Gasteiger partial charge in [0.25, 0.3) is 0 Å². The number of hydrogen-bond acceptors (Lipinski definition) is 3. The molecule has 1 unspecified atom stereocenters. The molecule has 0 saturated carbocycles. The summed E-state index contributed by atoms with van der Waals surface area (Å²) in [6.45, 7) is 2.88. The van der Waals surface area contributed by atoms with Gasteiger partial charge in [-0.15, -0.1) is 0 Å². The van der Waals surface area contributed by atoms with E-state index in [2.05, 4.69) is 6.92 Å². The molecule has 0 spiro atoms. The van der Waals surface area contributed by atoms with E-state index in [-0.39, 0.29) is 6.10 Å². The van der Waals surface area contributed by atoms with E-state index >= 15 is 0 Å². The highest BCUT2D eigenvalue weighted by molar-refractivity contribution is 5.48. The van der Waals surface area contributed by atoms with Gasteiger partial charge in [-0.1, -0.05) is 6.92 Å². The Kier molecular flexibility index (Phi) is 2.82. The first-order valence-corrected chi connectivity index (χ1v) is 5.16. The summed E-state index contributed by atoms with van der Waals surface area (Å²) in [7, 11) is 3.38. The van der Waals surface area contributed by atoms with Gasteiger partial charge in [0.15, 0.2) is 0 Å². The van der Waals surface area contributed by atoms with E-state index in [1.54, 1.807) is 14.2 Å². The molecule has 0 radical (unpaired) electrons. The lowest BCUT2D eigenvalue weighted by Crippen LogP contribution is -1.97. The predicted octanol–water partition coefficient (Wildman–Crippen LogP) is 2.34. The van der Waals surface area contributed by atoms with Crippen LogP contribution in [0.2, 0.25) is 0 Å². The zero-order valence-electron chi connectivity index (χ0n) is 9.37. The molecule has 0 aromatic heterocycles. The van der Waals surface area contributed by atoms with E-state index in [0.717, 1.165) is 30.1 Å². The summed E-state index contributed by atoms with van der Waals surface area (Å²) >= 11 is 0. The molecular weight excluding hydrogens is 192 g/mol. The molecule has 0 amide bonds. The zero-order valence-corrected chi connectivity index (χ0v) is 9.37. The second kappa shape index (κ2) is 4.11. The Balaban J connectivity index is 2.44. The fourth-order valence-electron chi connectivity index (χ4n) is 1.74. The maximum absolute atomic E-state index is 5.35. The average molecular weight is 208 g/mol. The molecule has 1 aromatic rings. The minimum absolute atomic E-state index is 0.194. The van der Waals surface area contributed by atoms with Crippen molar-refractivity contribution in [2.75, 3.05) is 20.8 Å². The normalized spacial score (nSPS) is 18.7. The highest BCUT2D eigenvalue weighted by Crippen LogP contribution is 2.40. The van der Waals surface area contributed by atoms with Crippen LogP contribution >= 0.6 is 0 Å². The topological polar surface area (TPSA) is 31.0 Å². The molecule has 3 nitrogen and oxygen atoms in total. The van der Waals surface area contributed by atoms with E-state index in [9.17, 15) is 0 Å². The quantitative estimate of drug-likeness (QED) is 0.711. The van der Waals surface area contributed by atoms with Crippen LogP contribution in [0.15, 0.2) is 12.1 Å². The Hall–Kier alpha value is -1.22. The summed E-state index contributed by atoms with van der Waals surface area (Å²) in [6.07, 6.45) is 1.13. The van der Waals surface area contributed by atoms with Gasteiger partial charge in [-0.25, -0.2) is 0 Å². The van der Waals surface area contributed by atoms with Crippen LogP contribution in [0.3, 0.4) is 0 Å². The van der Waals surface area contributed by atoms with Gasteiger partial charge in [0.2, 0.25) is 0 Å². The van der Waals surface area contributed by atoms with Gasteiger partial charge in [-0.2, -0.15) is 0 Å². The van der Waals surface area contributed by atoms with Crippen molar-refractivity contribution >= 4 is 0 Å². The minimum Gasteiger partial charge on any atom is -0.496 e.